The summed E-state index contributed by atoms with van der Waals surface area (Å²) in [5.74, 6) is 1.28. The first kappa shape index (κ1) is 16.8. The van der Waals surface area contributed by atoms with Crippen LogP contribution in [0.3, 0.4) is 0 Å². The molecular formula is C20H21N3O2. The second-order valence-electron chi connectivity index (χ2n) is 5.75. The lowest BCUT2D eigenvalue weighted by Gasteiger charge is -2.15. The molecule has 0 aliphatic rings. The number of rotatable bonds is 7. The summed E-state index contributed by atoms with van der Waals surface area (Å²) in [6.45, 7) is 6.33. The van der Waals surface area contributed by atoms with Crippen molar-refractivity contribution in [3.8, 4) is 5.75 Å². The molecule has 2 aromatic carbocycles. The number of hydrogen-bond acceptors (Lipinski definition) is 3. The first-order chi connectivity index (χ1) is 12.2. The molecule has 0 saturated carbocycles. The molecule has 0 aliphatic heterocycles. The molecule has 1 N–H and O–H groups in total. The second-order valence-corrected chi connectivity index (χ2v) is 5.75. The number of para-hydroxylation sites is 3. The average Bonchev–Trinajstić information content (AvgIpc) is 3.00. The molecule has 1 heterocycles. The summed E-state index contributed by atoms with van der Waals surface area (Å²) in [6, 6.07) is 17.0. The number of nitrogens with one attached hydrogen (secondary N) is 1. The zero-order valence-corrected chi connectivity index (χ0v) is 14.2. The van der Waals surface area contributed by atoms with E-state index in [0.717, 1.165) is 16.9 Å². The van der Waals surface area contributed by atoms with Gasteiger partial charge in [0.1, 0.15) is 11.6 Å². The van der Waals surface area contributed by atoms with Crippen molar-refractivity contribution in [3.05, 3.63) is 73.1 Å². The maximum atomic E-state index is 12.2. The van der Waals surface area contributed by atoms with E-state index < -0.39 is 0 Å². The van der Waals surface area contributed by atoms with E-state index >= 15 is 0 Å². The predicted octanol–water partition coefficient (Wildman–Crippen LogP) is 3.48. The molecule has 1 unspecified atom stereocenters. The summed E-state index contributed by atoms with van der Waals surface area (Å²) in [5, 5.41) is 2.94. The number of nitrogens with zero attached hydrogens (tertiary/aromatic N) is 2. The maximum absolute atomic E-state index is 12.2. The van der Waals surface area contributed by atoms with Crippen LogP contribution < -0.4 is 10.1 Å². The van der Waals surface area contributed by atoms with Gasteiger partial charge in [-0.3, -0.25) is 4.79 Å². The number of hydrogen-bond donors (Lipinski definition) is 1. The number of amides is 1. The fourth-order valence-electron chi connectivity index (χ4n) is 2.76. The van der Waals surface area contributed by atoms with Crippen LogP contribution in [-0.4, -0.2) is 22.1 Å². The van der Waals surface area contributed by atoms with Gasteiger partial charge in [-0.1, -0.05) is 36.4 Å². The molecule has 25 heavy (non-hydrogen) atoms. The molecule has 3 aromatic rings. The highest BCUT2D eigenvalue weighted by molar-refractivity contribution is 5.79. The summed E-state index contributed by atoms with van der Waals surface area (Å²) in [7, 11) is 0. The Morgan fingerprint density at radius 1 is 1.24 bits per heavy atom. The molecule has 128 valence electrons. The van der Waals surface area contributed by atoms with Gasteiger partial charge in [-0.15, -0.1) is 6.58 Å². The van der Waals surface area contributed by atoms with Crippen molar-refractivity contribution in [3.63, 3.8) is 0 Å². The highest BCUT2D eigenvalue weighted by Crippen LogP contribution is 2.21. The number of carbonyl (C=O) groups excluding carboxylic acids is 1. The Hall–Kier alpha value is -3.08. The smallest absolute Gasteiger partial charge is 0.258 e. The minimum atomic E-state index is -0.237. The Balaban J connectivity index is 1.71. The first-order valence-electron chi connectivity index (χ1n) is 8.22. The fourth-order valence-corrected chi connectivity index (χ4v) is 2.76. The minimum Gasteiger partial charge on any atom is -0.484 e. The van der Waals surface area contributed by atoms with Crippen LogP contribution in [0, 0.1) is 0 Å². The van der Waals surface area contributed by atoms with E-state index in [-0.39, 0.29) is 18.6 Å². The molecule has 1 amide bonds. The van der Waals surface area contributed by atoms with E-state index in [0.29, 0.717) is 12.3 Å². The first-order valence-corrected chi connectivity index (χ1v) is 8.22. The molecule has 0 saturated heterocycles. The van der Waals surface area contributed by atoms with Gasteiger partial charge in [-0.05, 0) is 31.2 Å². The summed E-state index contributed by atoms with van der Waals surface area (Å²) < 4.78 is 7.55. The van der Waals surface area contributed by atoms with Crippen molar-refractivity contribution < 1.29 is 9.53 Å². The monoisotopic (exact) mass is 335 g/mol. The lowest BCUT2D eigenvalue weighted by atomic mass is 10.3. The van der Waals surface area contributed by atoms with Gasteiger partial charge in [0.05, 0.1) is 17.1 Å². The molecule has 0 fully saturated rings. The van der Waals surface area contributed by atoms with Crippen molar-refractivity contribution in [2.24, 2.45) is 0 Å². The molecule has 0 aliphatic carbocycles. The second kappa shape index (κ2) is 7.66. The molecule has 0 bridgehead atoms. The van der Waals surface area contributed by atoms with Crippen molar-refractivity contribution in [1.82, 2.24) is 14.9 Å². The molecule has 5 nitrogen and oxygen atoms in total. The number of ether oxygens (including phenoxy) is 1. The van der Waals surface area contributed by atoms with Gasteiger partial charge in [0, 0.05) is 6.54 Å². The van der Waals surface area contributed by atoms with Crippen LogP contribution in [0.4, 0.5) is 0 Å². The maximum Gasteiger partial charge on any atom is 0.258 e. The summed E-state index contributed by atoms with van der Waals surface area (Å²) in [4.78, 5) is 16.9. The summed E-state index contributed by atoms with van der Waals surface area (Å²) in [5.41, 5.74) is 1.93. The average molecular weight is 335 g/mol. The zero-order valence-electron chi connectivity index (χ0n) is 14.2. The van der Waals surface area contributed by atoms with Gasteiger partial charge in [0.2, 0.25) is 0 Å². The van der Waals surface area contributed by atoms with Crippen molar-refractivity contribution in [2.75, 3.05) is 6.61 Å². The molecule has 1 atom stereocenters. The largest absolute Gasteiger partial charge is 0.484 e. The Morgan fingerprint density at radius 3 is 2.72 bits per heavy atom. The third kappa shape index (κ3) is 3.88. The number of imidazole rings is 1. The Kier molecular flexibility index (Phi) is 5.14. The molecular weight excluding hydrogens is 314 g/mol. The summed E-state index contributed by atoms with van der Waals surface area (Å²) in [6.07, 6.45) is 1.82. The third-order valence-electron chi connectivity index (χ3n) is 3.87. The normalized spacial score (nSPS) is 11.9. The lowest BCUT2D eigenvalue weighted by molar-refractivity contribution is -0.123. The van der Waals surface area contributed by atoms with E-state index in [4.69, 9.17) is 4.74 Å². The van der Waals surface area contributed by atoms with E-state index in [1.54, 1.807) is 0 Å². The van der Waals surface area contributed by atoms with Crippen molar-refractivity contribution in [1.29, 1.82) is 0 Å². The Morgan fingerprint density at radius 2 is 1.96 bits per heavy atom. The van der Waals surface area contributed by atoms with Crippen LogP contribution in [0.5, 0.6) is 5.75 Å². The molecule has 0 radical (unpaired) electrons. The fraction of sp³-hybridized carbons (Fsp3) is 0.200. The lowest BCUT2D eigenvalue weighted by Crippen LogP contribution is -2.32. The van der Waals surface area contributed by atoms with Gasteiger partial charge >= 0.3 is 0 Å². The molecule has 1 aromatic heterocycles. The topological polar surface area (TPSA) is 56.2 Å². The number of carbonyl (C=O) groups is 1. The quantitative estimate of drug-likeness (QED) is 0.673. The van der Waals surface area contributed by atoms with E-state index in [2.05, 4.69) is 21.4 Å². The number of allylic oxidation sites excluding steroid dienone is 1. The Labute approximate surface area is 146 Å². The van der Waals surface area contributed by atoms with E-state index in [1.165, 1.54) is 0 Å². The van der Waals surface area contributed by atoms with Crippen LogP contribution in [0.25, 0.3) is 11.0 Å². The number of benzene rings is 2. The van der Waals surface area contributed by atoms with Gasteiger partial charge in [-0.2, -0.15) is 0 Å². The number of fused-ring (bicyclic) bond motifs is 1. The SMILES string of the molecule is C=CCn1c(C(C)NC(=O)COc2ccccc2)nc2ccccc21. The zero-order chi connectivity index (χ0) is 17.6. The molecule has 5 heteroatoms. The van der Waals surface area contributed by atoms with Gasteiger partial charge in [-0.25, -0.2) is 4.98 Å². The standard InChI is InChI=1S/C20H21N3O2/c1-3-13-23-18-12-8-7-11-17(18)22-20(23)15(2)21-19(24)14-25-16-9-5-4-6-10-16/h3-12,15H,1,13-14H2,2H3,(H,21,24). The van der Waals surface area contributed by atoms with Crippen LogP contribution in [0.1, 0.15) is 18.8 Å². The van der Waals surface area contributed by atoms with Crippen molar-refractivity contribution >= 4 is 16.9 Å². The van der Waals surface area contributed by atoms with Crippen LogP contribution in [0.15, 0.2) is 67.3 Å². The highest BCUT2D eigenvalue weighted by Gasteiger charge is 2.18. The third-order valence-corrected chi connectivity index (χ3v) is 3.87. The highest BCUT2D eigenvalue weighted by atomic mass is 16.5. The van der Waals surface area contributed by atoms with Crippen LogP contribution >= 0.6 is 0 Å². The van der Waals surface area contributed by atoms with E-state index in [1.807, 2.05) is 67.6 Å². The minimum absolute atomic E-state index is 0.0317. The van der Waals surface area contributed by atoms with Gasteiger partial charge in [0.15, 0.2) is 6.61 Å². The predicted molar refractivity (Wildman–Crippen MR) is 98.4 cm³/mol. The van der Waals surface area contributed by atoms with Crippen LogP contribution in [0.2, 0.25) is 0 Å². The van der Waals surface area contributed by atoms with Crippen molar-refractivity contribution in [2.45, 2.75) is 19.5 Å². The number of aromatic nitrogens is 2. The van der Waals surface area contributed by atoms with Gasteiger partial charge in [0.25, 0.3) is 5.91 Å². The van der Waals surface area contributed by atoms with Crippen LogP contribution in [-0.2, 0) is 11.3 Å². The molecule has 3 rings (SSSR count). The van der Waals surface area contributed by atoms with Gasteiger partial charge < -0.3 is 14.6 Å². The summed E-state index contributed by atoms with van der Waals surface area (Å²) >= 11 is 0. The molecule has 0 spiro atoms. The van der Waals surface area contributed by atoms with E-state index in [9.17, 15) is 4.79 Å². The Bertz CT molecular complexity index is 871.